The van der Waals surface area contributed by atoms with Gasteiger partial charge in [0.25, 0.3) is 0 Å². The number of rotatable bonds is 25. The van der Waals surface area contributed by atoms with Gasteiger partial charge in [-0.3, -0.25) is 4.79 Å². The van der Waals surface area contributed by atoms with E-state index in [0.717, 1.165) is 149 Å². The standard InChI is InChI=1S/C28H34Cl2N8O.C26H31Cl2N7O.2C25H29Cl2N7/c1-18(22-9-8-21(29)12-23(22)30)38-28-27(24(13-31)34-38)32-14-25(33-28)37-16-20(17-37)19-6-4-10-36(15-19)11-5-7-26(39)35(2)3;1-16(20-7-6-19(27)9-21(20)28)35-25-24(22(10-29)32-35)30-11-23(31-25)34-13-18(14-34)17-5-4-8-33(12-17)15-26(2,3)36;1-15(2)32-8-4-5-17(12-32)18-13-33(14-18)23-11-29-24-22(10-28)31-34(25(24)30-23)16(3)20-7-6-19(26)9-21(20)27;1-3-8-32-9-4-5-17(13-32)18-14-33(15-18)23-12-29-24-22(11-28)31-34(25(24)30-23)16(2)20-7-6-19(26)10-21(20)27/h8-9,12,14,18-20H,4-7,10-11,15-17H2,1-3H3;6-7,9,11,16-18,36H,4-5,8,12-15H2,1-3H3;6-7,9,11,15-18H,4-5,8,12-14H2,1-3H3;6-7,10,12,16-18H,3-5,8-9,13-15H2,1-2H3. The van der Waals surface area contributed by atoms with E-state index in [1.807, 2.05) is 79.9 Å². The Morgan fingerprint density at radius 3 is 0.958 bits per heavy atom. The Bertz CT molecular complexity index is 6770. The number of fused-ring (bicyclic) bond motifs is 4. The van der Waals surface area contributed by atoms with Crippen LogP contribution in [-0.2, 0) is 4.79 Å². The number of hydrogen-bond acceptors (Lipinski definition) is 26. The molecule has 12 aromatic rings. The number of aromatic nitrogens is 16. The number of benzene rings is 4. The van der Waals surface area contributed by atoms with Crippen molar-refractivity contribution in [3.63, 3.8) is 0 Å². The predicted octanol–water partition coefficient (Wildman–Crippen LogP) is 19.5. The van der Waals surface area contributed by atoms with Crippen molar-refractivity contribution in [2.75, 3.05) is 158 Å². The van der Waals surface area contributed by atoms with Crippen LogP contribution in [0.2, 0.25) is 40.2 Å². The van der Waals surface area contributed by atoms with Gasteiger partial charge in [-0.1, -0.05) is 124 Å². The zero-order valence-electron chi connectivity index (χ0n) is 82.8. The van der Waals surface area contributed by atoms with Crippen molar-refractivity contribution >= 4 is 167 Å². The number of carbonyl (C=O) groups is 1. The number of likely N-dealkylation sites (tertiary alicyclic amines) is 4. The lowest BCUT2D eigenvalue weighted by molar-refractivity contribution is -0.128. The van der Waals surface area contributed by atoms with Crippen LogP contribution in [-0.4, -0.2) is 265 Å². The van der Waals surface area contributed by atoms with Gasteiger partial charge in [0.2, 0.25) is 5.91 Å². The summed E-state index contributed by atoms with van der Waals surface area (Å²) < 4.78 is 6.96. The summed E-state index contributed by atoms with van der Waals surface area (Å²) in [5, 5.41) is 71.3. The second-order valence-electron chi connectivity index (χ2n) is 41.0. The molecular weight excluding hydrogens is 1970 g/mol. The molecule has 0 spiro atoms. The van der Waals surface area contributed by atoms with E-state index in [9.17, 15) is 30.9 Å². The first-order valence-electron chi connectivity index (χ1n) is 50.0. The molecule has 20 rings (SSSR count). The van der Waals surface area contributed by atoms with E-state index in [0.29, 0.717) is 139 Å². The largest absolute Gasteiger partial charge is 0.389 e. The Balaban J connectivity index is 0.000000131. The summed E-state index contributed by atoms with van der Waals surface area (Å²) in [6.45, 7) is 38.3. The number of halogens is 8. The molecule has 143 heavy (non-hydrogen) atoms. The number of aliphatic hydroxyl groups is 1. The molecule has 0 radical (unpaired) electrons. The first-order chi connectivity index (χ1) is 68.7. The van der Waals surface area contributed by atoms with Crippen molar-refractivity contribution in [3.8, 4) is 24.3 Å². The lowest BCUT2D eigenvalue weighted by Crippen LogP contribution is -2.54. The monoisotopic (exact) mass is 2090 g/mol. The maximum absolute atomic E-state index is 11.9. The average molecular weight is 2090 g/mol. The van der Waals surface area contributed by atoms with Crippen LogP contribution in [0, 0.1) is 92.7 Å². The van der Waals surface area contributed by atoms with E-state index in [1.165, 1.54) is 90.5 Å². The van der Waals surface area contributed by atoms with Crippen LogP contribution in [0.3, 0.4) is 0 Å². The molecule has 0 saturated carbocycles. The molecule has 1 N–H and O–H groups in total. The molecule has 4 aromatic carbocycles. The van der Waals surface area contributed by atoms with Crippen molar-refractivity contribution in [1.29, 1.82) is 21.0 Å². The highest BCUT2D eigenvalue weighted by molar-refractivity contribution is 6.37. The molecule has 8 atom stereocenters. The number of carbonyl (C=O) groups excluding carboxylic acids is 1. The second-order valence-corrected chi connectivity index (χ2v) is 44.4. The molecule has 752 valence electrons. The van der Waals surface area contributed by atoms with Crippen LogP contribution < -0.4 is 19.6 Å². The molecular formula is C104H123Cl8N29O2. The van der Waals surface area contributed by atoms with Gasteiger partial charge >= 0.3 is 0 Å². The van der Waals surface area contributed by atoms with Crippen LogP contribution in [0.15, 0.2) is 97.6 Å². The highest BCUT2D eigenvalue weighted by atomic mass is 35.5. The Labute approximate surface area is 875 Å². The third-order valence-corrected chi connectivity index (χ3v) is 32.3. The lowest BCUT2D eigenvalue weighted by atomic mass is 9.80. The van der Waals surface area contributed by atoms with Gasteiger partial charge in [-0.25, -0.2) is 58.6 Å². The highest BCUT2D eigenvalue weighted by Crippen LogP contribution is 2.43. The first-order valence-corrected chi connectivity index (χ1v) is 53.0. The number of nitrogens with zero attached hydrogens (tertiary/aromatic N) is 29. The van der Waals surface area contributed by atoms with Crippen LogP contribution in [0.5, 0.6) is 0 Å². The van der Waals surface area contributed by atoms with E-state index < -0.39 is 5.60 Å². The number of anilines is 4. The number of nitriles is 4. The van der Waals surface area contributed by atoms with E-state index in [4.69, 9.17) is 113 Å². The summed E-state index contributed by atoms with van der Waals surface area (Å²) in [7, 11) is 3.63. The van der Waals surface area contributed by atoms with Crippen LogP contribution in [0.4, 0.5) is 23.3 Å². The Hall–Kier alpha value is -10.2. The van der Waals surface area contributed by atoms with Gasteiger partial charge in [-0.2, -0.15) is 41.4 Å². The predicted molar refractivity (Wildman–Crippen MR) is 566 cm³/mol. The fourth-order valence-corrected chi connectivity index (χ4v) is 24.1. The Kier molecular flexibility index (Phi) is 33.1. The molecule has 39 heteroatoms. The van der Waals surface area contributed by atoms with Crippen LogP contribution >= 0.6 is 92.8 Å². The van der Waals surface area contributed by atoms with Gasteiger partial charge < -0.3 is 49.2 Å². The maximum atomic E-state index is 11.9. The third kappa shape index (κ3) is 23.4. The highest BCUT2D eigenvalue weighted by Gasteiger charge is 2.43. The van der Waals surface area contributed by atoms with Gasteiger partial charge in [0.15, 0.2) is 45.4 Å². The smallest absolute Gasteiger partial charge is 0.222 e. The van der Waals surface area contributed by atoms with Crippen molar-refractivity contribution in [1.82, 2.24) is 103 Å². The Morgan fingerprint density at radius 1 is 0.406 bits per heavy atom. The average Bonchev–Trinajstić information content (AvgIpc) is 1.35. The summed E-state index contributed by atoms with van der Waals surface area (Å²) in [6.07, 6.45) is 19.8. The van der Waals surface area contributed by atoms with Crippen molar-refractivity contribution in [3.05, 3.63) is 183 Å². The van der Waals surface area contributed by atoms with E-state index in [2.05, 4.69) is 125 Å². The minimum atomic E-state index is -0.669. The fraction of sp³-hybridized carbons (Fsp3) is 0.529. The zero-order valence-corrected chi connectivity index (χ0v) is 88.9. The molecule has 0 bridgehead atoms. The molecule has 0 aliphatic carbocycles. The van der Waals surface area contributed by atoms with Crippen molar-refractivity contribution in [2.24, 2.45) is 47.3 Å². The summed E-state index contributed by atoms with van der Waals surface area (Å²) in [4.78, 5) is 70.8. The van der Waals surface area contributed by atoms with Crippen molar-refractivity contribution < 1.29 is 9.90 Å². The minimum absolute atomic E-state index is 0.199. The lowest BCUT2D eigenvalue weighted by Gasteiger charge is -2.47. The van der Waals surface area contributed by atoms with Gasteiger partial charge in [-0.15, -0.1) is 0 Å². The van der Waals surface area contributed by atoms with E-state index in [-0.39, 0.29) is 52.9 Å². The Morgan fingerprint density at radius 2 is 0.685 bits per heavy atom. The molecule has 8 aliphatic rings. The van der Waals surface area contributed by atoms with Gasteiger partial charge in [0.05, 0.1) is 54.6 Å². The topological polar surface area (TPSA) is 336 Å². The normalized spacial score (nSPS) is 20.0. The number of β-amino-alcohol motifs (C(OH)–C–C–N with tert-alkyl or cyclic N) is 1. The van der Waals surface area contributed by atoms with Gasteiger partial charge in [0.1, 0.15) is 69.6 Å². The quantitative estimate of drug-likeness (QED) is 0.0555. The van der Waals surface area contributed by atoms with Gasteiger partial charge in [-0.05, 0) is 277 Å². The summed E-state index contributed by atoms with van der Waals surface area (Å²) in [5.74, 6) is 8.83. The molecule has 8 aromatic heterocycles. The minimum Gasteiger partial charge on any atom is -0.389 e. The second kappa shape index (κ2) is 45.4. The molecule has 16 heterocycles. The number of amides is 1. The van der Waals surface area contributed by atoms with Crippen LogP contribution in [0.1, 0.15) is 202 Å². The van der Waals surface area contributed by atoms with E-state index >= 15 is 0 Å². The molecule has 8 aliphatic heterocycles. The first kappa shape index (κ1) is 104. The third-order valence-electron chi connectivity index (χ3n) is 30.1. The number of piperidine rings is 4. The zero-order chi connectivity index (χ0) is 101. The molecule has 8 fully saturated rings. The van der Waals surface area contributed by atoms with Gasteiger partial charge in [0, 0.05) is 152 Å². The summed E-state index contributed by atoms with van der Waals surface area (Å²) in [5.41, 5.74) is 8.13. The van der Waals surface area contributed by atoms with Crippen molar-refractivity contribution in [2.45, 2.75) is 169 Å². The SMILES string of the molecule is CC(C)N1CCCC(C2CN(c3cnc4c(C#N)nn(C(C)c5ccc(Cl)cc5Cl)c4n3)C2)C1.CC(c1ccc(Cl)cc1Cl)n1nc(C#N)c2ncc(N3CC(C4CCCN(CC(C)(C)O)C4)C3)nc21.CC(c1ccc(Cl)cc1Cl)n1nc(C#N)c2ncc(N3CC(C4CCCN(CCCC(=O)N(C)C)C4)C3)nc21.CCCN1CCCC(C2CN(c3cnc4c(C#N)nn(C(C)c5ccc(Cl)cc5Cl)c4n3)C2)C1. The fourth-order valence-electron chi connectivity index (χ4n) is 21.9. The summed E-state index contributed by atoms with van der Waals surface area (Å²) in [6, 6.07) is 29.8. The maximum Gasteiger partial charge on any atom is 0.222 e. The molecule has 8 unspecified atom stereocenters. The van der Waals surface area contributed by atoms with E-state index in [1.54, 1.807) is 96.9 Å². The van der Waals surface area contributed by atoms with Crippen LogP contribution in [0.25, 0.3) is 44.7 Å². The molecule has 8 saturated heterocycles. The summed E-state index contributed by atoms with van der Waals surface area (Å²) >= 11 is 50.2. The number of hydrogen-bond donors (Lipinski definition) is 1. The molecule has 31 nitrogen and oxygen atoms in total. The molecule has 1 amide bonds.